The first kappa shape index (κ1) is 17.4. The van der Waals surface area contributed by atoms with Crippen LogP contribution in [0.1, 0.15) is 63.4 Å². The van der Waals surface area contributed by atoms with Gasteiger partial charge in [-0.3, -0.25) is 0 Å². The highest BCUT2D eigenvalue weighted by atomic mass is 19.1. The second kappa shape index (κ2) is 8.09. The topological polar surface area (TPSA) is 0 Å². The van der Waals surface area contributed by atoms with Gasteiger partial charge in [-0.05, 0) is 48.3 Å². The van der Waals surface area contributed by atoms with E-state index in [2.05, 4.69) is 25.2 Å². The third kappa shape index (κ3) is 4.15. The number of hydrogen-bond donors (Lipinski definition) is 0. The normalized spacial score (nSPS) is 29.8. The van der Waals surface area contributed by atoms with Crippen molar-refractivity contribution < 1.29 is 8.78 Å². The largest absolute Gasteiger partial charge is 0.207 e. The number of benzene rings is 1. The van der Waals surface area contributed by atoms with E-state index in [0.717, 1.165) is 17.5 Å². The lowest BCUT2D eigenvalue weighted by Gasteiger charge is -2.37. The molecule has 0 nitrogen and oxygen atoms in total. The Kier molecular flexibility index (Phi) is 5.86. The predicted molar refractivity (Wildman–Crippen MR) is 95.8 cm³/mol. The number of allylic oxidation sites excluding steroid dienone is 4. The maximum Gasteiger partial charge on any atom is 0.126 e. The van der Waals surface area contributed by atoms with E-state index in [1.807, 2.05) is 6.08 Å². The zero-order valence-electron chi connectivity index (χ0n) is 14.6. The molecule has 1 fully saturated rings. The lowest BCUT2D eigenvalue weighted by molar-refractivity contribution is 0.210. The van der Waals surface area contributed by atoms with Gasteiger partial charge in [-0.25, -0.2) is 8.78 Å². The van der Waals surface area contributed by atoms with Gasteiger partial charge in [-0.2, -0.15) is 0 Å². The fourth-order valence-electron chi connectivity index (χ4n) is 4.53. The van der Waals surface area contributed by atoms with E-state index in [-0.39, 0.29) is 5.92 Å². The van der Waals surface area contributed by atoms with E-state index < -0.39 is 11.6 Å². The molecule has 2 aliphatic rings. The maximum absolute atomic E-state index is 13.6. The van der Waals surface area contributed by atoms with Crippen molar-refractivity contribution in [2.75, 3.05) is 0 Å². The SMILES string of the molecule is CCCCC1CCC(C2C=CC=CC2c2cc(F)cc(F)c2)CC1. The van der Waals surface area contributed by atoms with Gasteiger partial charge in [0.1, 0.15) is 11.6 Å². The molecule has 0 radical (unpaired) electrons. The molecule has 0 aliphatic heterocycles. The van der Waals surface area contributed by atoms with E-state index in [0.29, 0.717) is 11.8 Å². The van der Waals surface area contributed by atoms with Gasteiger partial charge >= 0.3 is 0 Å². The first-order valence-corrected chi connectivity index (χ1v) is 9.48. The summed E-state index contributed by atoms with van der Waals surface area (Å²) in [6.07, 6.45) is 17.6. The summed E-state index contributed by atoms with van der Waals surface area (Å²) in [5.74, 6) is 1.01. The smallest absolute Gasteiger partial charge is 0.126 e. The second-order valence-electron chi connectivity index (χ2n) is 7.50. The molecule has 130 valence electrons. The summed E-state index contributed by atoms with van der Waals surface area (Å²) >= 11 is 0. The minimum Gasteiger partial charge on any atom is -0.207 e. The Balaban J connectivity index is 1.70. The van der Waals surface area contributed by atoms with Gasteiger partial charge < -0.3 is 0 Å². The number of rotatable bonds is 5. The molecular weight excluding hydrogens is 302 g/mol. The number of hydrogen-bond acceptors (Lipinski definition) is 0. The standard InChI is InChI=1S/C22H28F2/c1-2-3-6-16-9-11-17(12-10-16)21-7-4-5-8-22(21)18-13-19(23)15-20(24)14-18/h4-5,7-8,13-17,21-22H,2-3,6,9-12H2,1H3. The third-order valence-electron chi connectivity index (χ3n) is 5.85. The molecular formula is C22H28F2. The lowest BCUT2D eigenvalue weighted by atomic mass is 9.68. The molecule has 0 spiro atoms. The minimum atomic E-state index is -0.477. The van der Waals surface area contributed by atoms with E-state index in [1.54, 1.807) is 0 Å². The Morgan fingerprint density at radius 3 is 2.25 bits per heavy atom. The molecule has 0 saturated heterocycles. The maximum atomic E-state index is 13.6. The monoisotopic (exact) mass is 330 g/mol. The predicted octanol–water partition coefficient (Wildman–Crippen LogP) is 6.79. The fraction of sp³-hybridized carbons (Fsp3) is 0.545. The molecule has 3 rings (SSSR count). The highest BCUT2D eigenvalue weighted by Crippen LogP contribution is 2.43. The van der Waals surface area contributed by atoms with Gasteiger partial charge in [0, 0.05) is 12.0 Å². The van der Waals surface area contributed by atoms with E-state index in [9.17, 15) is 8.78 Å². The second-order valence-corrected chi connectivity index (χ2v) is 7.50. The summed E-state index contributed by atoms with van der Waals surface area (Å²) in [4.78, 5) is 0. The zero-order valence-corrected chi connectivity index (χ0v) is 14.6. The summed E-state index contributed by atoms with van der Waals surface area (Å²) in [6, 6.07) is 3.95. The van der Waals surface area contributed by atoms with Crippen LogP contribution in [0.3, 0.4) is 0 Å². The Labute approximate surface area is 144 Å². The molecule has 0 aromatic heterocycles. The Morgan fingerprint density at radius 2 is 1.58 bits per heavy atom. The van der Waals surface area contributed by atoms with Crippen LogP contribution in [-0.4, -0.2) is 0 Å². The van der Waals surface area contributed by atoms with Crippen LogP contribution in [0.25, 0.3) is 0 Å². The highest BCUT2D eigenvalue weighted by molar-refractivity contribution is 5.32. The van der Waals surface area contributed by atoms with Gasteiger partial charge in [0.05, 0.1) is 0 Å². The number of halogens is 2. The van der Waals surface area contributed by atoms with Crippen LogP contribution < -0.4 is 0 Å². The first-order chi connectivity index (χ1) is 11.7. The average Bonchev–Trinajstić information content (AvgIpc) is 2.59. The van der Waals surface area contributed by atoms with Crippen molar-refractivity contribution in [3.05, 3.63) is 59.7 Å². The molecule has 1 aromatic carbocycles. The molecule has 1 aromatic rings. The molecule has 0 bridgehead atoms. The average molecular weight is 330 g/mol. The van der Waals surface area contributed by atoms with Gasteiger partial charge in [-0.15, -0.1) is 0 Å². The van der Waals surface area contributed by atoms with Crippen molar-refractivity contribution in [1.82, 2.24) is 0 Å². The molecule has 2 aliphatic carbocycles. The van der Waals surface area contributed by atoms with Crippen LogP contribution in [0.15, 0.2) is 42.5 Å². The molecule has 2 heteroatoms. The highest BCUT2D eigenvalue weighted by Gasteiger charge is 2.32. The van der Waals surface area contributed by atoms with E-state index in [1.165, 1.54) is 57.1 Å². The van der Waals surface area contributed by atoms with Crippen LogP contribution in [0.5, 0.6) is 0 Å². The van der Waals surface area contributed by atoms with Crippen molar-refractivity contribution in [3.63, 3.8) is 0 Å². The molecule has 0 amide bonds. The van der Waals surface area contributed by atoms with Gasteiger partial charge in [0.2, 0.25) is 0 Å². The summed E-state index contributed by atoms with van der Waals surface area (Å²) < 4.78 is 27.3. The molecule has 0 N–H and O–H groups in total. The summed E-state index contributed by atoms with van der Waals surface area (Å²) in [7, 11) is 0. The Bertz CT molecular complexity index is 574. The molecule has 0 heterocycles. The Hall–Kier alpha value is -1.44. The lowest BCUT2D eigenvalue weighted by Crippen LogP contribution is -2.25. The van der Waals surface area contributed by atoms with Crippen LogP contribution >= 0.6 is 0 Å². The summed E-state index contributed by atoms with van der Waals surface area (Å²) in [5.41, 5.74) is 0.770. The van der Waals surface area contributed by atoms with Crippen LogP contribution in [0, 0.1) is 29.4 Å². The fourth-order valence-corrected chi connectivity index (χ4v) is 4.53. The van der Waals surface area contributed by atoms with E-state index in [4.69, 9.17) is 0 Å². The summed E-state index contributed by atoms with van der Waals surface area (Å²) in [5, 5.41) is 0. The third-order valence-corrected chi connectivity index (χ3v) is 5.85. The first-order valence-electron chi connectivity index (χ1n) is 9.48. The molecule has 24 heavy (non-hydrogen) atoms. The van der Waals surface area contributed by atoms with Gasteiger partial charge in [0.15, 0.2) is 0 Å². The molecule has 2 atom stereocenters. The molecule has 2 unspecified atom stereocenters. The molecule has 1 saturated carbocycles. The van der Waals surface area contributed by atoms with Gasteiger partial charge in [0.25, 0.3) is 0 Å². The van der Waals surface area contributed by atoms with Crippen molar-refractivity contribution in [3.8, 4) is 0 Å². The van der Waals surface area contributed by atoms with Crippen LogP contribution in [0.4, 0.5) is 8.78 Å². The van der Waals surface area contributed by atoms with Crippen molar-refractivity contribution >= 4 is 0 Å². The van der Waals surface area contributed by atoms with Crippen LogP contribution in [0.2, 0.25) is 0 Å². The zero-order chi connectivity index (χ0) is 16.9. The number of unbranched alkanes of at least 4 members (excludes halogenated alkanes) is 1. The van der Waals surface area contributed by atoms with Crippen molar-refractivity contribution in [2.24, 2.45) is 17.8 Å². The Morgan fingerprint density at radius 1 is 0.917 bits per heavy atom. The van der Waals surface area contributed by atoms with Crippen molar-refractivity contribution in [2.45, 2.75) is 57.8 Å². The minimum absolute atomic E-state index is 0.0948. The van der Waals surface area contributed by atoms with Crippen molar-refractivity contribution in [1.29, 1.82) is 0 Å². The van der Waals surface area contributed by atoms with Gasteiger partial charge in [-0.1, -0.05) is 63.3 Å². The quantitative estimate of drug-likeness (QED) is 0.557. The van der Waals surface area contributed by atoms with E-state index >= 15 is 0 Å². The van der Waals surface area contributed by atoms with Crippen LogP contribution in [-0.2, 0) is 0 Å². The summed E-state index contributed by atoms with van der Waals surface area (Å²) in [6.45, 7) is 2.26.